The lowest BCUT2D eigenvalue weighted by Gasteiger charge is -2.06. The van der Waals surface area contributed by atoms with Gasteiger partial charge in [-0.2, -0.15) is 0 Å². The largest absolute Gasteiger partial charge is 0.489 e. The number of sulfone groups is 1. The van der Waals surface area contributed by atoms with Gasteiger partial charge in [0.05, 0.1) is 5.75 Å². The molecule has 4 nitrogen and oxygen atoms in total. The monoisotopic (exact) mass is 249 g/mol. The van der Waals surface area contributed by atoms with Crippen LogP contribution < -0.4 is 4.74 Å². The van der Waals surface area contributed by atoms with E-state index in [4.69, 9.17) is 16.3 Å². The first-order valence-corrected chi connectivity index (χ1v) is 6.69. The second-order valence-corrected chi connectivity index (χ2v) is 5.71. The van der Waals surface area contributed by atoms with Crippen molar-refractivity contribution < 1.29 is 13.2 Å². The summed E-state index contributed by atoms with van der Waals surface area (Å²) in [5, 5.41) is 0.242. The maximum absolute atomic E-state index is 11.1. The minimum absolute atomic E-state index is 0.00523. The molecule has 0 radical (unpaired) electrons. The number of halogens is 1. The van der Waals surface area contributed by atoms with E-state index in [0.29, 0.717) is 5.75 Å². The van der Waals surface area contributed by atoms with Crippen LogP contribution in [0.2, 0.25) is 5.15 Å². The molecular weight excluding hydrogens is 238 g/mol. The van der Waals surface area contributed by atoms with Gasteiger partial charge in [-0.05, 0) is 12.1 Å². The molecule has 0 bridgehead atoms. The van der Waals surface area contributed by atoms with Crippen LogP contribution in [-0.4, -0.2) is 31.5 Å². The summed E-state index contributed by atoms with van der Waals surface area (Å²) in [6.07, 6.45) is 1.54. The molecule has 1 rings (SSSR count). The predicted octanol–water partition coefficient (Wildman–Crippen LogP) is 1.55. The molecule has 0 saturated carbocycles. The second-order valence-electron chi connectivity index (χ2n) is 2.88. The molecule has 1 heterocycles. The Bertz CT molecular complexity index is 419. The van der Waals surface area contributed by atoms with Gasteiger partial charge in [-0.25, -0.2) is 13.4 Å². The van der Waals surface area contributed by atoms with Crippen LogP contribution in [0.15, 0.2) is 18.3 Å². The highest BCUT2D eigenvalue weighted by Gasteiger charge is 2.08. The third-order valence-electron chi connectivity index (χ3n) is 1.82. The van der Waals surface area contributed by atoms with Crippen molar-refractivity contribution in [2.75, 3.05) is 18.1 Å². The molecule has 0 N–H and O–H groups in total. The van der Waals surface area contributed by atoms with Crippen LogP contribution in [0.1, 0.15) is 6.92 Å². The van der Waals surface area contributed by atoms with Crippen LogP contribution >= 0.6 is 11.6 Å². The summed E-state index contributed by atoms with van der Waals surface area (Å²) in [4.78, 5) is 3.81. The van der Waals surface area contributed by atoms with Crippen molar-refractivity contribution in [1.29, 1.82) is 0 Å². The number of rotatable bonds is 5. The lowest BCUT2D eigenvalue weighted by atomic mass is 10.5. The van der Waals surface area contributed by atoms with Crippen LogP contribution in [0.4, 0.5) is 0 Å². The molecule has 1 aromatic rings. The van der Waals surface area contributed by atoms with Gasteiger partial charge in [-0.3, -0.25) is 0 Å². The lowest BCUT2D eigenvalue weighted by Crippen LogP contribution is -2.15. The minimum atomic E-state index is -2.99. The van der Waals surface area contributed by atoms with Crippen molar-refractivity contribution >= 4 is 21.4 Å². The van der Waals surface area contributed by atoms with Crippen molar-refractivity contribution in [2.45, 2.75) is 6.92 Å². The van der Waals surface area contributed by atoms with Gasteiger partial charge < -0.3 is 4.74 Å². The number of ether oxygens (including phenoxy) is 1. The molecule has 84 valence electrons. The predicted molar refractivity (Wildman–Crippen MR) is 59.1 cm³/mol. The smallest absolute Gasteiger partial charge is 0.171 e. The van der Waals surface area contributed by atoms with Gasteiger partial charge in [-0.1, -0.05) is 18.5 Å². The Morgan fingerprint density at radius 3 is 2.87 bits per heavy atom. The molecule has 0 fully saturated rings. The Morgan fingerprint density at radius 1 is 1.53 bits per heavy atom. The summed E-state index contributed by atoms with van der Waals surface area (Å²) in [6, 6.07) is 3.32. The van der Waals surface area contributed by atoms with E-state index in [2.05, 4.69) is 4.98 Å². The summed E-state index contributed by atoms with van der Waals surface area (Å²) >= 11 is 5.72. The Kier molecular flexibility index (Phi) is 4.35. The van der Waals surface area contributed by atoms with E-state index >= 15 is 0 Å². The second kappa shape index (κ2) is 5.32. The Balaban J connectivity index is 2.49. The van der Waals surface area contributed by atoms with Gasteiger partial charge in [0, 0.05) is 11.9 Å². The summed E-state index contributed by atoms with van der Waals surface area (Å²) in [5.74, 6) is 0.525. The Hall–Kier alpha value is -0.810. The molecule has 6 heteroatoms. The summed E-state index contributed by atoms with van der Waals surface area (Å²) in [7, 11) is -2.99. The molecule has 0 aliphatic carbocycles. The fraction of sp³-hybridized carbons (Fsp3) is 0.444. The van der Waals surface area contributed by atoms with Crippen LogP contribution in [0.5, 0.6) is 5.75 Å². The van der Waals surface area contributed by atoms with E-state index < -0.39 is 9.84 Å². The van der Waals surface area contributed by atoms with Gasteiger partial charge >= 0.3 is 0 Å². The van der Waals surface area contributed by atoms with Gasteiger partial charge in [0.1, 0.15) is 6.61 Å². The first-order chi connectivity index (χ1) is 7.05. The zero-order valence-corrected chi connectivity index (χ0v) is 9.88. The zero-order chi connectivity index (χ0) is 11.3. The van der Waals surface area contributed by atoms with E-state index in [1.807, 2.05) is 0 Å². The van der Waals surface area contributed by atoms with Crippen molar-refractivity contribution in [3.05, 3.63) is 23.5 Å². The number of nitrogens with zero attached hydrogens (tertiary/aromatic N) is 1. The van der Waals surface area contributed by atoms with Crippen molar-refractivity contribution in [1.82, 2.24) is 4.98 Å². The molecule has 1 aromatic heterocycles. The average molecular weight is 250 g/mol. The SMILES string of the molecule is CCS(=O)(=O)CCOc1cccnc1Cl. The van der Waals surface area contributed by atoms with Crippen LogP contribution in [0.25, 0.3) is 0 Å². The average Bonchev–Trinajstić information content (AvgIpc) is 2.21. The minimum Gasteiger partial charge on any atom is -0.489 e. The molecule has 0 spiro atoms. The summed E-state index contributed by atoms with van der Waals surface area (Å²) < 4.78 is 27.5. The maximum atomic E-state index is 11.1. The van der Waals surface area contributed by atoms with Crippen LogP contribution in [0.3, 0.4) is 0 Å². The van der Waals surface area contributed by atoms with Gasteiger partial charge in [0.25, 0.3) is 0 Å². The Morgan fingerprint density at radius 2 is 2.27 bits per heavy atom. The fourth-order valence-corrected chi connectivity index (χ4v) is 1.70. The first kappa shape index (κ1) is 12.3. The molecule has 0 aromatic carbocycles. The normalized spacial score (nSPS) is 11.3. The molecular formula is C9H12ClNO3S. The number of hydrogen-bond donors (Lipinski definition) is 0. The highest BCUT2D eigenvalue weighted by molar-refractivity contribution is 7.91. The van der Waals surface area contributed by atoms with E-state index in [9.17, 15) is 8.42 Å². The molecule has 0 atom stereocenters. The molecule has 15 heavy (non-hydrogen) atoms. The molecule has 0 unspecified atom stereocenters. The molecule has 0 aliphatic heterocycles. The third kappa shape index (κ3) is 4.05. The number of hydrogen-bond acceptors (Lipinski definition) is 4. The van der Waals surface area contributed by atoms with Gasteiger partial charge in [0.15, 0.2) is 20.7 Å². The third-order valence-corrected chi connectivity index (χ3v) is 3.77. The van der Waals surface area contributed by atoms with E-state index in [1.54, 1.807) is 19.1 Å². The lowest BCUT2D eigenvalue weighted by molar-refractivity contribution is 0.340. The van der Waals surface area contributed by atoms with Crippen molar-refractivity contribution in [3.63, 3.8) is 0 Å². The van der Waals surface area contributed by atoms with E-state index in [0.717, 1.165) is 0 Å². The summed E-state index contributed by atoms with van der Waals surface area (Å²) in [5.41, 5.74) is 0. The summed E-state index contributed by atoms with van der Waals surface area (Å²) in [6.45, 7) is 1.70. The fourth-order valence-electron chi connectivity index (χ4n) is 0.902. The Labute approximate surface area is 94.2 Å². The van der Waals surface area contributed by atoms with Gasteiger partial charge in [-0.15, -0.1) is 0 Å². The van der Waals surface area contributed by atoms with Crippen molar-refractivity contribution in [2.24, 2.45) is 0 Å². The first-order valence-electron chi connectivity index (χ1n) is 4.49. The van der Waals surface area contributed by atoms with Crippen LogP contribution in [0, 0.1) is 0 Å². The topological polar surface area (TPSA) is 56.3 Å². The van der Waals surface area contributed by atoms with E-state index in [-0.39, 0.29) is 23.3 Å². The molecule has 0 saturated heterocycles. The number of aromatic nitrogens is 1. The zero-order valence-electron chi connectivity index (χ0n) is 8.31. The van der Waals surface area contributed by atoms with Crippen LogP contribution in [-0.2, 0) is 9.84 Å². The maximum Gasteiger partial charge on any atom is 0.171 e. The highest BCUT2D eigenvalue weighted by Crippen LogP contribution is 2.19. The quantitative estimate of drug-likeness (QED) is 0.743. The van der Waals surface area contributed by atoms with Crippen molar-refractivity contribution in [3.8, 4) is 5.75 Å². The molecule has 0 amide bonds. The molecule has 0 aliphatic rings. The van der Waals surface area contributed by atoms with E-state index in [1.165, 1.54) is 6.20 Å². The highest BCUT2D eigenvalue weighted by atomic mass is 35.5. The van der Waals surface area contributed by atoms with Gasteiger partial charge in [0.2, 0.25) is 0 Å². The number of pyridine rings is 1. The standard InChI is InChI=1S/C9H12ClNO3S/c1-2-15(12,13)7-6-14-8-4-3-5-11-9(8)10/h3-5H,2,6-7H2,1H3.